The van der Waals surface area contributed by atoms with E-state index in [-0.39, 0.29) is 11.8 Å². The van der Waals surface area contributed by atoms with Gasteiger partial charge < -0.3 is 9.47 Å². The fourth-order valence-corrected chi connectivity index (χ4v) is 4.69. The van der Waals surface area contributed by atoms with Gasteiger partial charge in [-0.1, -0.05) is 60.7 Å². The maximum Gasteiger partial charge on any atom is 0.227 e. The molecule has 1 fully saturated rings. The molecule has 4 heteroatoms. The molecular weight excluding hydrogens is 394 g/mol. The molecule has 0 unspecified atom stereocenters. The van der Waals surface area contributed by atoms with Crippen LogP contribution in [0, 0.1) is 13.8 Å². The number of aromatic nitrogens is 2. The molecule has 2 heterocycles. The Morgan fingerprint density at radius 1 is 0.969 bits per heavy atom. The monoisotopic (exact) mass is 421 g/mol. The minimum atomic E-state index is 0.0702. The zero-order valence-electron chi connectivity index (χ0n) is 18.5. The maximum atomic E-state index is 13.0. The Balaban J connectivity index is 1.47. The number of para-hydroxylation sites is 2. The lowest BCUT2D eigenvalue weighted by molar-refractivity contribution is -0.117. The Morgan fingerprint density at radius 2 is 1.69 bits per heavy atom. The second-order valence-electron chi connectivity index (χ2n) is 8.63. The average Bonchev–Trinajstić information content (AvgIpc) is 3.34. The number of hydrogen-bond donors (Lipinski definition) is 0. The molecule has 0 N–H and O–H groups in total. The minimum absolute atomic E-state index is 0.0702. The van der Waals surface area contributed by atoms with Crippen molar-refractivity contribution in [3.05, 3.63) is 101 Å². The molecule has 1 aliphatic rings. The number of aryl methyl sites for hydroxylation is 2. The Labute approximate surface area is 188 Å². The quantitative estimate of drug-likeness (QED) is 0.403. The lowest BCUT2D eigenvalue weighted by atomic mass is 10.1. The van der Waals surface area contributed by atoms with E-state index in [1.807, 2.05) is 35.2 Å². The summed E-state index contributed by atoms with van der Waals surface area (Å²) in [5, 5.41) is 0. The summed E-state index contributed by atoms with van der Waals surface area (Å²) in [4.78, 5) is 19.9. The van der Waals surface area contributed by atoms with Crippen molar-refractivity contribution in [1.29, 1.82) is 0 Å². The molecular formula is C28H27N3O. The SMILES string of the molecule is Cc1cc(C)cc(N2C[C@@H](c3nc4ccccc4n3C/C=C\c3ccccc3)CC2=O)c1. The largest absolute Gasteiger partial charge is 0.324 e. The molecule has 0 aliphatic carbocycles. The number of nitrogens with zero attached hydrogens (tertiary/aromatic N) is 3. The molecule has 0 saturated carbocycles. The van der Waals surface area contributed by atoms with Crippen LogP contribution in [0.1, 0.15) is 34.9 Å². The molecule has 4 nitrogen and oxygen atoms in total. The van der Waals surface area contributed by atoms with E-state index in [1.54, 1.807) is 0 Å². The van der Waals surface area contributed by atoms with Crippen LogP contribution in [0.25, 0.3) is 17.1 Å². The van der Waals surface area contributed by atoms with Crippen LogP contribution in [0.15, 0.2) is 78.9 Å². The van der Waals surface area contributed by atoms with Gasteiger partial charge in [0.05, 0.1) is 11.0 Å². The summed E-state index contributed by atoms with van der Waals surface area (Å²) in [7, 11) is 0. The molecule has 1 amide bonds. The third-order valence-corrected chi connectivity index (χ3v) is 6.09. The highest BCUT2D eigenvalue weighted by atomic mass is 16.2. The van der Waals surface area contributed by atoms with E-state index in [1.165, 1.54) is 16.7 Å². The first-order valence-electron chi connectivity index (χ1n) is 11.1. The zero-order chi connectivity index (χ0) is 22.1. The highest BCUT2D eigenvalue weighted by Gasteiger charge is 2.34. The van der Waals surface area contributed by atoms with Crippen LogP contribution >= 0.6 is 0 Å². The van der Waals surface area contributed by atoms with E-state index in [2.05, 4.69) is 73.0 Å². The third kappa shape index (κ3) is 3.96. The molecule has 32 heavy (non-hydrogen) atoms. The zero-order valence-corrected chi connectivity index (χ0v) is 18.5. The van der Waals surface area contributed by atoms with Gasteiger partial charge in [0.2, 0.25) is 5.91 Å². The number of carbonyl (C=O) groups is 1. The van der Waals surface area contributed by atoms with Gasteiger partial charge in [-0.15, -0.1) is 0 Å². The second kappa shape index (κ2) is 8.46. The summed E-state index contributed by atoms with van der Waals surface area (Å²) in [6.45, 7) is 5.53. The van der Waals surface area contributed by atoms with E-state index in [9.17, 15) is 4.79 Å². The van der Waals surface area contributed by atoms with Crippen molar-refractivity contribution in [2.45, 2.75) is 32.7 Å². The molecule has 1 aromatic heterocycles. The summed E-state index contributed by atoms with van der Waals surface area (Å²) in [5.74, 6) is 1.23. The number of amides is 1. The van der Waals surface area contributed by atoms with E-state index < -0.39 is 0 Å². The van der Waals surface area contributed by atoms with Crippen LogP contribution in [0.4, 0.5) is 5.69 Å². The standard InChI is InChI=1S/C28H27N3O/c1-20-15-21(2)17-24(16-20)31-19-23(18-27(31)32)28-29-25-12-6-7-13-26(25)30(28)14-8-11-22-9-4-3-5-10-22/h3-13,15-17,23H,14,18-19H2,1-2H3/b11-8-/t23-/m0/s1. The first-order chi connectivity index (χ1) is 15.6. The van der Waals surface area contributed by atoms with Gasteiger partial charge in [0, 0.05) is 31.1 Å². The van der Waals surface area contributed by atoms with Gasteiger partial charge >= 0.3 is 0 Å². The smallest absolute Gasteiger partial charge is 0.227 e. The molecule has 1 aliphatic heterocycles. The molecule has 160 valence electrons. The van der Waals surface area contributed by atoms with Crippen molar-refractivity contribution in [3.8, 4) is 0 Å². The molecule has 5 rings (SSSR count). The van der Waals surface area contributed by atoms with Gasteiger partial charge in [0.1, 0.15) is 5.82 Å². The number of imidazole rings is 1. The molecule has 0 bridgehead atoms. The number of anilines is 1. The molecule has 1 atom stereocenters. The Morgan fingerprint density at radius 3 is 2.47 bits per heavy atom. The fourth-order valence-electron chi connectivity index (χ4n) is 4.69. The number of carbonyl (C=O) groups excluding carboxylic acids is 1. The number of rotatable bonds is 5. The van der Waals surface area contributed by atoms with E-state index >= 15 is 0 Å². The van der Waals surface area contributed by atoms with Crippen molar-refractivity contribution in [1.82, 2.24) is 9.55 Å². The number of hydrogen-bond acceptors (Lipinski definition) is 2. The van der Waals surface area contributed by atoms with Gasteiger partial charge in [-0.3, -0.25) is 4.79 Å². The van der Waals surface area contributed by atoms with Crippen LogP contribution < -0.4 is 4.90 Å². The topological polar surface area (TPSA) is 38.1 Å². The highest BCUT2D eigenvalue weighted by Crippen LogP contribution is 2.34. The molecule has 0 radical (unpaired) electrons. The summed E-state index contributed by atoms with van der Waals surface area (Å²) < 4.78 is 2.26. The van der Waals surface area contributed by atoms with E-state index in [0.29, 0.717) is 13.0 Å². The third-order valence-electron chi connectivity index (χ3n) is 6.09. The average molecular weight is 422 g/mol. The van der Waals surface area contributed by atoms with Gasteiger partial charge in [0.25, 0.3) is 0 Å². The Bertz CT molecular complexity index is 1280. The summed E-state index contributed by atoms with van der Waals surface area (Å²) in [6, 6.07) is 24.9. The van der Waals surface area contributed by atoms with Crippen LogP contribution in [-0.2, 0) is 11.3 Å². The van der Waals surface area contributed by atoms with Crippen molar-refractivity contribution in [2.75, 3.05) is 11.4 Å². The van der Waals surface area contributed by atoms with Crippen molar-refractivity contribution < 1.29 is 4.79 Å². The Kier molecular flexibility index (Phi) is 5.36. The first kappa shape index (κ1) is 20.3. The molecule has 0 spiro atoms. The van der Waals surface area contributed by atoms with E-state index in [0.717, 1.165) is 29.1 Å². The first-order valence-corrected chi connectivity index (χ1v) is 11.1. The van der Waals surface area contributed by atoms with Crippen LogP contribution in [0.5, 0.6) is 0 Å². The number of allylic oxidation sites excluding steroid dienone is 1. The summed E-state index contributed by atoms with van der Waals surface area (Å²) >= 11 is 0. The van der Waals surface area contributed by atoms with Crippen molar-refractivity contribution >= 4 is 28.7 Å². The number of fused-ring (bicyclic) bond motifs is 1. The molecule has 3 aromatic carbocycles. The maximum absolute atomic E-state index is 13.0. The summed E-state index contributed by atoms with van der Waals surface area (Å²) in [6.07, 6.45) is 4.80. The highest BCUT2D eigenvalue weighted by molar-refractivity contribution is 5.96. The number of benzene rings is 3. The predicted molar refractivity (Wildman–Crippen MR) is 131 cm³/mol. The normalized spacial score (nSPS) is 16.5. The van der Waals surface area contributed by atoms with Gasteiger partial charge in [-0.05, 0) is 54.8 Å². The second-order valence-corrected chi connectivity index (χ2v) is 8.63. The predicted octanol–water partition coefficient (Wildman–Crippen LogP) is 5.89. The van der Waals surface area contributed by atoms with Gasteiger partial charge in [0.15, 0.2) is 0 Å². The van der Waals surface area contributed by atoms with Gasteiger partial charge in [-0.2, -0.15) is 0 Å². The molecule has 4 aromatic rings. The van der Waals surface area contributed by atoms with E-state index in [4.69, 9.17) is 4.98 Å². The van der Waals surface area contributed by atoms with Crippen LogP contribution in [-0.4, -0.2) is 22.0 Å². The van der Waals surface area contributed by atoms with Crippen LogP contribution in [0.2, 0.25) is 0 Å². The minimum Gasteiger partial charge on any atom is -0.324 e. The summed E-state index contributed by atoms with van der Waals surface area (Å²) in [5.41, 5.74) is 6.60. The van der Waals surface area contributed by atoms with Gasteiger partial charge in [-0.25, -0.2) is 4.98 Å². The lowest BCUT2D eigenvalue weighted by Gasteiger charge is -2.18. The lowest BCUT2D eigenvalue weighted by Crippen LogP contribution is -2.24. The van der Waals surface area contributed by atoms with Crippen LogP contribution in [0.3, 0.4) is 0 Å². The Hall–Kier alpha value is -3.66. The van der Waals surface area contributed by atoms with Crippen molar-refractivity contribution in [3.63, 3.8) is 0 Å². The fraction of sp³-hybridized carbons (Fsp3) is 0.214. The molecule has 1 saturated heterocycles. The van der Waals surface area contributed by atoms with Crippen molar-refractivity contribution in [2.24, 2.45) is 0 Å².